The lowest BCUT2D eigenvalue weighted by molar-refractivity contribution is 0.101. The molecule has 2 rings (SSSR count). The first-order valence-corrected chi connectivity index (χ1v) is 9.90. The number of aryl methyl sites for hydroxylation is 1. The highest BCUT2D eigenvalue weighted by Crippen LogP contribution is 2.26. The van der Waals surface area contributed by atoms with Crippen LogP contribution >= 0.6 is 0 Å². The van der Waals surface area contributed by atoms with Crippen molar-refractivity contribution in [2.24, 2.45) is 9.98 Å². The molecule has 0 aliphatic heterocycles. The normalized spacial score (nSPS) is 12.4. The number of nitrogens with one attached hydrogen (secondary N) is 2. The van der Waals surface area contributed by atoms with Crippen LogP contribution in [0.3, 0.4) is 0 Å². The monoisotopic (exact) mass is 406 g/mol. The zero-order valence-electron chi connectivity index (χ0n) is 18.3. The van der Waals surface area contributed by atoms with E-state index in [1.54, 1.807) is 6.92 Å². The fraction of sp³-hybridized carbons (Fsp3) is 0.292. The molecule has 0 heterocycles. The first-order chi connectivity index (χ1) is 14.3. The number of aliphatic hydroxyl groups excluding tert-OH is 1. The number of aliphatic imine (C=N–C) groups is 2. The Morgan fingerprint density at radius 2 is 1.80 bits per heavy atom. The molecule has 158 valence electrons. The Hall–Kier alpha value is -3.25. The zero-order chi connectivity index (χ0) is 22.3. The molecule has 0 aliphatic carbocycles. The molecule has 30 heavy (non-hydrogen) atoms. The van der Waals surface area contributed by atoms with E-state index in [2.05, 4.69) is 27.3 Å². The van der Waals surface area contributed by atoms with Crippen molar-refractivity contribution < 1.29 is 9.90 Å². The van der Waals surface area contributed by atoms with Crippen molar-refractivity contribution in [3.63, 3.8) is 0 Å². The maximum atomic E-state index is 12.3. The number of carbonyl (C=O) groups is 1. The van der Waals surface area contributed by atoms with Crippen LogP contribution in [0.25, 0.3) is 5.70 Å². The van der Waals surface area contributed by atoms with Crippen molar-refractivity contribution in [1.29, 1.82) is 0 Å². The predicted octanol–water partition coefficient (Wildman–Crippen LogP) is 4.68. The van der Waals surface area contributed by atoms with Gasteiger partial charge in [0, 0.05) is 29.9 Å². The minimum Gasteiger partial charge on any atom is -0.503 e. The third-order valence-electron chi connectivity index (χ3n) is 4.77. The number of aliphatic hydroxyl groups is 1. The van der Waals surface area contributed by atoms with Crippen LogP contribution in [-0.4, -0.2) is 37.0 Å². The van der Waals surface area contributed by atoms with Gasteiger partial charge in [-0.05, 0) is 58.7 Å². The van der Waals surface area contributed by atoms with Crippen molar-refractivity contribution in [2.45, 2.75) is 34.2 Å². The van der Waals surface area contributed by atoms with E-state index in [4.69, 9.17) is 0 Å². The van der Waals surface area contributed by atoms with Crippen molar-refractivity contribution in [1.82, 2.24) is 5.32 Å². The number of hydrogen-bond donors (Lipinski definition) is 3. The molecule has 3 N–H and O–H groups in total. The average Bonchev–Trinajstić information content (AvgIpc) is 2.71. The van der Waals surface area contributed by atoms with E-state index in [1.165, 1.54) is 0 Å². The summed E-state index contributed by atoms with van der Waals surface area (Å²) >= 11 is 0. The third kappa shape index (κ3) is 5.21. The van der Waals surface area contributed by atoms with Gasteiger partial charge in [-0.3, -0.25) is 14.8 Å². The lowest BCUT2D eigenvalue weighted by Crippen LogP contribution is -2.19. The fourth-order valence-electron chi connectivity index (χ4n) is 3.32. The SMILES string of the molecule is C=N/C(=C(/O)C(=NCC)Nc1ccc(CNC)c(C(C)=O)c1C)c1ccc(C)cc1. The molecule has 0 radical (unpaired) electrons. The lowest BCUT2D eigenvalue weighted by Gasteiger charge is -2.17. The molecular weight excluding hydrogens is 376 g/mol. The fourth-order valence-corrected chi connectivity index (χ4v) is 3.32. The summed E-state index contributed by atoms with van der Waals surface area (Å²) in [7, 11) is 1.84. The van der Waals surface area contributed by atoms with E-state index in [-0.39, 0.29) is 17.4 Å². The van der Waals surface area contributed by atoms with Gasteiger partial charge in [-0.25, -0.2) is 0 Å². The van der Waals surface area contributed by atoms with E-state index < -0.39 is 0 Å². The summed E-state index contributed by atoms with van der Waals surface area (Å²) in [5.74, 6) is 0.168. The molecule has 0 aromatic heterocycles. The van der Waals surface area contributed by atoms with Gasteiger partial charge in [0.15, 0.2) is 17.4 Å². The standard InChI is InChI=1S/C24H30N4O2/c1-7-27-24(23(30)22(26-6)18-10-8-15(2)9-11-18)28-20-13-12-19(14-25-5)21(16(20)3)17(4)29/h8-13,25,30H,6-7,14H2,1-5H3,(H,27,28)/b23-22+. The molecular formula is C24H30N4O2. The van der Waals surface area contributed by atoms with Gasteiger partial charge < -0.3 is 15.7 Å². The Morgan fingerprint density at radius 3 is 2.33 bits per heavy atom. The largest absolute Gasteiger partial charge is 0.503 e. The van der Waals surface area contributed by atoms with Crippen LogP contribution < -0.4 is 10.6 Å². The minimum absolute atomic E-state index is 0.0109. The number of carbonyl (C=O) groups excluding carboxylic acids is 1. The number of ketones is 1. The quantitative estimate of drug-likeness (QED) is 0.257. The van der Waals surface area contributed by atoms with E-state index >= 15 is 0 Å². The number of anilines is 1. The number of hydrogen-bond acceptors (Lipinski definition) is 5. The van der Waals surface area contributed by atoms with Crippen LogP contribution in [0.1, 0.15) is 46.5 Å². The molecule has 0 saturated carbocycles. The van der Waals surface area contributed by atoms with Gasteiger partial charge in [0.1, 0.15) is 5.70 Å². The molecule has 0 amide bonds. The Balaban J connectivity index is 2.53. The molecule has 0 aliphatic rings. The van der Waals surface area contributed by atoms with Crippen molar-refractivity contribution in [3.05, 3.63) is 70.0 Å². The third-order valence-corrected chi connectivity index (χ3v) is 4.77. The van der Waals surface area contributed by atoms with Gasteiger partial charge in [-0.15, -0.1) is 0 Å². The van der Waals surface area contributed by atoms with Gasteiger partial charge in [0.2, 0.25) is 0 Å². The van der Waals surface area contributed by atoms with Crippen molar-refractivity contribution in [3.8, 4) is 0 Å². The van der Waals surface area contributed by atoms with Crippen LogP contribution in [0.5, 0.6) is 0 Å². The highest BCUT2D eigenvalue weighted by Gasteiger charge is 2.18. The number of Topliss-reactive ketones (excluding diaryl/α,β-unsaturated/α-hetero) is 1. The summed E-state index contributed by atoms with van der Waals surface area (Å²) in [5.41, 5.74) is 5.28. The second kappa shape index (κ2) is 10.5. The second-order valence-electron chi connectivity index (χ2n) is 7.03. The van der Waals surface area contributed by atoms with Crippen LogP contribution in [0.4, 0.5) is 5.69 Å². The van der Waals surface area contributed by atoms with E-state index in [0.717, 1.165) is 22.3 Å². The summed E-state index contributed by atoms with van der Waals surface area (Å²) in [5, 5.41) is 17.2. The second-order valence-corrected chi connectivity index (χ2v) is 7.03. The summed E-state index contributed by atoms with van der Waals surface area (Å²) in [6.45, 7) is 12.0. The van der Waals surface area contributed by atoms with E-state index in [0.29, 0.717) is 30.0 Å². The average molecular weight is 407 g/mol. The molecule has 2 aromatic carbocycles. The first-order valence-electron chi connectivity index (χ1n) is 9.90. The van der Waals surface area contributed by atoms with Crippen LogP contribution in [0.15, 0.2) is 52.1 Å². The molecule has 0 atom stereocenters. The number of amidine groups is 1. The Morgan fingerprint density at radius 1 is 1.13 bits per heavy atom. The lowest BCUT2D eigenvalue weighted by atomic mass is 9.97. The molecule has 0 unspecified atom stereocenters. The summed E-state index contributed by atoms with van der Waals surface area (Å²) in [4.78, 5) is 20.7. The number of rotatable bonds is 8. The van der Waals surface area contributed by atoms with Gasteiger partial charge in [0.05, 0.1) is 0 Å². The minimum atomic E-state index is -0.0984. The van der Waals surface area contributed by atoms with Gasteiger partial charge in [-0.1, -0.05) is 35.9 Å². The van der Waals surface area contributed by atoms with E-state index in [9.17, 15) is 9.90 Å². The Labute approximate surface area is 178 Å². The maximum Gasteiger partial charge on any atom is 0.184 e. The number of benzene rings is 2. The maximum absolute atomic E-state index is 12.3. The topological polar surface area (TPSA) is 86.1 Å². The van der Waals surface area contributed by atoms with Gasteiger partial charge >= 0.3 is 0 Å². The van der Waals surface area contributed by atoms with Crippen LogP contribution in [-0.2, 0) is 6.54 Å². The molecule has 0 fully saturated rings. The van der Waals surface area contributed by atoms with Gasteiger partial charge in [0.25, 0.3) is 0 Å². The van der Waals surface area contributed by atoms with E-state index in [1.807, 2.05) is 64.2 Å². The Bertz CT molecular complexity index is 989. The zero-order valence-corrected chi connectivity index (χ0v) is 18.3. The van der Waals surface area contributed by atoms with Crippen LogP contribution in [0.2, 0.25) is 0 Å². The van der Waals surface area contributed by atoms with Crippen molar-refractivity contribution in [2.75, 3.05) is 18.9 Å². The molecule has 6 heteroatoms. The number of nitrogens with zero attached hydrogens (tertiary/aromatic N) is 2. The van der Waals surface area contributed by atoms with Crippen LogP contribution in [0, 0.1) is 13.8 Å². The summed E-state index contributed by atoms with van der Waals surface area (Å²) in [6.07, 6.45) is 0. The van der Waals surface area contributed by atoms with Crippen molar-refractivity contribution >= 4 is 29.7 Å². The Kier molecular flexibility index (Phi) is 8.07. The first kappa shape index (κ1) is 23.0. The summed E-state index contributed by atoms with van der Waals surface area (Å²) in [6, 6.07) is 11.4. The molecule has 2 aromatic rings. The van der Waals surface area contributed by atoms with Gasteiger partial charge in [-0.2, -0.15) is 0 Å². The predicted molar refractivity (Wildman–Crippen MR) is 126 cm³/mol. The highest BCUT2D eigenvalue weighted by atomic mass is 16.3. The molecule has 6 nitrogen and oxygen atoms in total. The molecule has 0 bridgehead atoms. The highest BCUT2D eigenvalue weighted by molar-refractivity contribution is 6.11. The molecule has 0 saturated heterocycles. The molecule has 0 spiro atoms. The summed E-state index contributed by atoms with van der Waals surface area (Å²) < 4.78 is 0. The smallest absolute Gasteiger partial charge is 0.184 e.